The van der Waals surface area contributed by atoms with Gasteiger partial charge in [0.25, 0.3) is 0 Å². The molecule has 0 amide bonds. The molecule has 1 N–H and O–H groups in total. The molecule has 3 aromatic rings. The van der Waals surface area contributed by atoms with Crippen LogP contribution in [0.1, 0.15) is 42.1 Å². The topological polar surface area (TPSA) is 132 Å². The predicted molar refractivity (Wildman–Crippen MR) is 160 cm³/mol. The van der Waals surface area contributed by atoms with Crippen LogP contribution in [0.5, 0.6) is 11.6 Å². The number of anilines is 1. The van der Waals surface area contributed by atoms with E-state index in [0.29, 0.717) is 42.7 Å². The monoisotopic (exact) mass is 643 g/mol. The average Bonchev–Trinajstić information content (AvgIpc) is 3.44. The van der Waals surface area contributed by atoms with Crippen LogP contribution in [0.15, 0.2) is 54.0 Å². The second kappa shape index (κ2) is 14.5. The van der Waals surface area contributed by atoms with E-state index in [-0.39, 0.29) is 28.8 Å². The number of nitro groups is 1. The number of pyridine rings is 1. The maximum Gasteiger partial charge on any atom is 0.328 e. The summed E-state index contributed by atoms with van der Waals surface area (Å²) in [5, 5.41) is 21.7. The van der Waals surface area contributed by atoms with Crippen LogP contribution in [0, 0.1) is 10.1 Å². The van der Waals surface area contributed by atoms with Crippen molar-refractivity contribution in [3.8, 4) is 11.6 Å². The lowest BCUT2D eigenvalue weighted by Crippen LogP contribution is -2.34. The Labute approximate surface area is 253 Å². The average molecular weight is 645 g/mol. The number of thiophene rings is 1. The third-order valence-corrected chi connectivity index (χ3v) is 9.58. The van der Waals surface area contributed by atoms with Gasteiger partial charge in [0.1, 0.15) is 17.1 Å². The van der Waals surface area contributed by atoms with E-state index in [2.05, 4.69) is 4.98 Å². The molecule has 14 heteroatoms. The van der Waals surface area contributed by atoms with Crippen molar-refractivity contribution >= 4 is 55.3 Å². The minimum absolute atomic E-state index is 0.0395. The lowest BCUT2D eigenvalue weighted by atomic mass is 9.95. The maximum atomic E-state index is 13.6. The molecule has 1 aromatic carbocycles. The highest BCUT2D eigenvalue weighted by molar-refractivity contribution is 7.87. The molecule has 0 saturated heterocycles. The first-order valence-corrected chi connectivity index (χ1v) is 16.6. The van der Waals surface area contributed by atoms with E-state index >= 15 is 0 Å². The van der Waals surface area contributed by atoms with Gasteiger partial charge in [0.2, 0.25) is 5.88 Å². The zero-order valence-corrected chi connectivity index (χ0v) is 25.2. The van der Waals surface area contributed by atoms with Gasteiger partial charge in [-0.25, -0.2) is 4.98 Å². The zero-order chi connectivity index (χ0) is 29.4. The number of aromatic nitrogens is 1. The van der Waals surface area contributed by atoms with Crippen molar-refractivity contribution in [1.82, 2.24) is 4.98 Å². The van der Waals surface area contributed by atoms with Crippen LogP contribution in [-0.4, -0.2) is 60.5 Å². The first kappa shape index (κ1) is 31.3. The van der Waals surface area contributed by atoms with E-state index in [1.807, 2.05) is 4.90 Å². The maximum absolute atomic E-state index is 13.6. The second-order valence-corrected chi connectivity index (χ2v) is 13.0. The number of nitrogens with zero attached hydrogens (tertiary/aromatic N) is 3. The summed E-state index contributed by atoms with van der Waals surface area (Å²) in [6.45, 7) is 1.13. The molecule has 2 heterocycles. The van der Waals surface area contributed by atoms with E-state index < -0.39 is 26.4 Å². The molecule has 1 unspecified atom stereocenters. The summed E-state index contributed by atoms with van der Waals surface area (Å²) in [6, 6.07) is 11.2. The third-order valence-electron chi connectivity index (χ3n) is 6.82. The first-order chi connectivity index (χ1) is 19.7. The van der Waals surface area contributed by atoms with Crippen LogP contribution < -0.4 is 13.8 Å². The summed E-state index contributed by atoms with van der Waals surface area (Å²) in [5.41, 5.74) is 1.36. The lowest BCUT2D eigenvalue weighted by molar-refractivity contribution is -0.380. The Morgan fingerprint density at radius 3 is 2.41 bits per heavy atom. The van der Waals surface area contributed by atoms with E-state index in [1.165, 1.54) is 29.8 Å². The fourth-order valence-electron chi connectivity index (χ4n) is 4.74. The van der Waals surface area contributed by atoms with Gasteiger partial charge in [-0.15, -0.1) is 23.2 Å². The smallest absolute Gasteiger partial charge is 0.328 e. The van der Waals surface area contributed by atoms with Crippen LogP contribution in [0.4, 0.5) is 10.7 Å². The number of benzene rings is 1. The van der Waals surface area contributed by atoms with E-state index in [9.17, 15) is 23.6 Å². The summed E-state index contributed by atoms with van der Waals surface area (Å²) >= 11 is 12.6. The van der Waals surface area contributed by atoms with Gasteiger partial charge in [0.05, 0.1) is 16.6 Å². The molecule has 0 spiro atoms. The standard InChI is InChI=1S/C27H31Cl2N3O7S2/c28-12-14-31(15-13-29)20-6-8-21(9-7-20)39-41(36,37)25(22-11-16-40-27(22)32(34)35)17-19-5-10-26(30-18-19)38-24-4-2-1-3-23(24)33/h5-11,16,18,23-25,33H,1-4,12-15,17H2/t23-,24-,25?/m0/s1. The van der Waals surface area contributed by atoms with E-state index in [0.717, 1.165) is 36.3 Å². The number of alkyl halides is 2. The lowest BCUT2D eigenvalue weighted by Gasteiger charge is -2.27. The molecule has 0 bridgehead atoms. The number of rotatable bonds is 14. The minimum Gasteiger partial charge on any atom is -0.472 e. The minimum atomic E-state index is -4.39. The number of aliphatic hydroxyl groups excluding tert-OH is 1. The van der Waals surface area contributed by atoms with Crippen molar-refractivity contribution in [2.75, 3.05) is 29.7 Å². The van der Waals surface area contributed by atoms with Crippen molar-refractivity contribution < 1.29 is 27.4 Å². The molecular formula is C27H31Cl2N3O7S2. The molecule has 0 radical (unpaired) electrons. The van der Waals surface area contributed by atoms with Crippen LogP contribution in [0.3, 0.4) is 0 Å². The van der Waals surface area contributed by atoms with Crippen LogP contribution in [0.2, 0.25) is 0 Å². The van der Waals surface area contributed by atoms with Gasteiger partial charge < -0.3 is 18.9 Å². The molecule has 1 saturated carbocycles. The molecule has 222 valence electrons. The molecule has 10 nitrogen and oxygen atoms in total. The fourth-order valence-corrected chi connectivity index (χ4v) is 7.39. The van der Waals surface area contributed by atoms with Crippen molar-refractivity contribution in [2.24, 2.45) is 0 Å². The van der Waals surface area contributed by atoms with Crippen molar-refractivity contribution in [2.45, 2.75) is 49.6 Å². The SMILES string of the molecule is O=[N+]([O-])c1sccc1C(Cc1ccc(O[C@H]2CCCC[C@@H]2O)nc1)S(=O)(=O)Oc1ccc(N(CCCl)CCCl)cc1. The Hall–Kier alpha value is -2.64. The Kier molecular flexibility index (Phi) is 11.1. The molecule has 0 aliphatic heterocycles. The molecular weight excluding hydrogens is 613 g/mol. The Morgan fingerprint density at radius 2 is 1.80 bits per heavy atom. The highest BCUT2D eigenvalue weighted by Gasteiger charge is 2.36. The van der Waals surface area contributed by atoms with Gasteiger partial charge in [-0.3, -0.25) is 10.1 Å². The summed E-state index contributed by atoms with van der Waals surface area (Å²) in [4.78, 5) is 17.4. The summed E-state index contributed by atoms with van der Waals surface area (Å²) in [6.07, 6.45) is 3.75. The Bertz CT molecular complexity index is 1380. The molecule has 1 aliphatic rings. The number of ether oxygens (including phenoxy) is 1. The third kappa shape index (κ3) is 8.23. The molecule has 1 fully saturated rings. The number of hydrogen-bond donors (Lipinski definition) is 1. The molecule has 3 atom stereocenters. The van der Waals surface area contributed by atoms with Crippen molar-refractivity contribution in [3.05, 3.63) is 75.3 Å². The number of halogens is 2. The molecule has 2 aromatic heterocycles. The van der Waals surface area contributed by atoms with Crippen molar-refractivity contribution in [3.63, 3.8) is 0 Å². The molecule has 4 rings (SSSR count). The van der Waals surface area contributed by atoms with Gasteiger partial charge in [0.15, 0.2) is 0 Å². The van der Waals surface area contributed by atoms with E-state index in [1.54, 1.807) is 24.3 Å². The first-order valence-electron chi connectivity index (χ1n) is 13.1. The van der Waals surface area contributed by atoms with Gasteiger partial charge >= 0.3 is 15.1 Å². The van der Waals surface area contributed by atoms with Crippen molar-refractivity contribution in [1.29, 1.82) is 0 Å². The largest absolute Gasteiger partial charge is 0.472 e. The number of hydrogen-bond acceptors (Lipinski definition) is 10. The summed E-state index contributed by atoms with van der Waals surface area (Å²) in [7, 11) is -4.39. The molecule has 41 heavy (non-hydrogen) atoms. The van der Waals surface area contributed by atoms with Gasteiger partial charge in [-0.2, -0.15) is 8.42 Å². The fraction of sp³-hybridized carbons (Fsp3) is 0.444. The van der Waals surface area contributed by atoms with Gasteiger partial charge in [-0.1, -0.05) is 23.8 Å². The predicted octanol–water partition coefficient (Wildman–Crippen LogP) is 5.71. The van der Waals surface area contributed by atoms with Gasteiger partial charge in [-0.05, 0) is 67.0 Å². The van der Waals surface area contributed by atoms with E-state index in [4.69, 9.17) is 32.1 Å². The highest BCUT2D eigenvalue weighted by atomic mass is 35.5. The summed E-state index contributed by atoms with van der Waals surface area (Å²) in [5.74, 6) is 1.18. The van der Waals surface area contributed by atoms with Crippen LogP contribution in [0.25, 0.3) is 0 Å². The Balaban J connectivity index is 1.56. The highest BCUT2D eigenvalue weighted by Crippen LogP contribution is 2.38. The number of aliphatic hydroxyl groups is 1. The Morgan fingerprint density at radius 1 is 1.10 bits per heavy atom. The summed E-state index contributed by atoms with van der Waals surface area (Å²) < 4.78 is 38.6. The van der Waals surface area contributed by atoms with Gasteiger partial charge in [0, 0.05) is 42.8 Å². The van der Waals surface area contributed by atoms with Crippen LogP contribution in [-0.2, 0) is 16.5 Å². The molecule has 1 aliphatic carbocycles. The van der Waals surface area contributed by atoms with Crippen LogP contribution >= 0.6 is 34.5 Å². The quantitative estimate of drug-likeness (QED) is 0.101. The normalized spacial score (nSPS) is 18.0. The second-order valence-electron chi connectivity index (χ2n) is 9.58. The zero-order valence-electron chi connectivity index (χ0n) is 22.1.